The molecule has 138 valence electrons. The van der Waals surface area contributed by atoms with Crippen LogP contribution in [0.3, 0.4) is 0 Å². The van der Waals surface area contributed by atoms with Crippen molar-refractivity contribution in [1.29, 1.82) is 0 Å². The Hall–Kier alpha value is -1.96. The zero-order valence-electron chi connectivity index (χ0n) is 14.3. The van der Waals surface area contributed by atoms with E-state index in [0.29, 0.717) is 16.6 Å². The molecule has 0 aliphatic rings. The first-order valence-corrected chi connectivity index (χ1v) is 8.53. The van der Waals surface area contributed by atoms with Crippen LogP contribution in [0.5, 0.6) is 5.75 Å². The minimum absolute atomic E-state index is 0.0208. The van der Waals surface area contributed by atoms with E-state index in [2.05, 4.69) is 26.0 Å². The maximum Gasteiger partial charge on any atom is 0.387 e. The predicted molar refractivity (Wildman–Crippen MR) is 95.3 cm³/mol. The van der Waals surface area contributed by atoms with Crippen LogP contribution in [0.25, 0.3) is 6.08 Å². The maximum absolute atomic E-state index is 12.5. The standard InChI is InChI=1S/C17H21BrF2N2O3/c1-4-22(10-15(23)21-11(2)3)16(24)8-5-12-9-13(18)6-7-14(12)25-17(19)20/h5-9,11,17H,4,10H2,1-3H3,(H,21,23). The van der Waals surface area contributed by atoms with Gasteiger partial charge >= 0.3 is 6.61 Å². The lowest BCUT2D eigenvalue weighted by Gasteiger charge is -2.19. The summed E-state index contributed by atoms with van der Waals surface area (Å²) in [6, 6.07) is 4.48. The molecule has 1 rings (SSSR count). The molecule has 1 aromatic rings. The van der Waals surface area contributed by atoms with Crippen LogP contribution in [-0.2, 0) is 9.59 Å². The summed E-state index contributed by atoms with van der Waals surface area (Å²) in [5.41, 5.74) is 0.325. The molecule has 0 saturated carbocycles. The van der Waals surface area contributed by atoms with Gasteiger partial charge in [-0.15, -0.1) is 0 Å². The van der Waals surface area contributed by atoms with Gasteiger partial charge in [0.1, 0.15) is 5.75 Å². The first-order valence-electron chi connectivity index (χ1n) is 7.73. The van der Waals surface area contributed by atoms with Crippen molar-refractivity contribution in [1.82, 2.24) is 10.2 Å². The van der Waals surface area contributed by atoms with Crippen molar-refractivity contribution in [3.8, 4) is 5.75 Å². The second-order valence-electron chi connectivity index (χ2n) is 5.47. The molecule has 0 fully saturated rings. The number of carbonyl (C=O) groups excluding carboxylic acids is 2. The van der Waals surface area contributed by atoms with Crippen molar-refractivity contribution < 1.29 is 23.1 Å². The van der Waals surface area contributed by atoms with Gasteiger partial charge in [0, 0.05) is 28.7 Å². The highest BCUT2D eigenvalue weighted by Gasteiger charge is 2.14. The molecular formula is C17H21BrF2N2O3. The Bertz CT molecular complexity index is 636. The second-order valence-corrected chi connectivity index (χ2v) is 6.38. The summed E-state index contributed by atoms with van der Waals surface area (Å²) in [6.45, 7) is 2.71. The predicted octanol–water partition coefficient (Wildman–Crippen LogP) is 3.44. The monoisotopic (exact) mass is 418 g/mol. The summed E-state index contributed by atoms with van der Waals surface area (Å²) < 4.78 is 30.0. The van der Waals surface area contributed by atoms with Crippen LogP contribution >= 0.6 is 15.9 Å². The number of halogens is 3. The summed E-state index contributed by atoms with van der Waals surface area (Å²) in [7, 11) is 0. The molecule has 0 bridgehead atoms. The lowest BCUT2D eigenvalue weighted by atomic mass is 10.2. The maximum atomic E-state index is 12.5. The molecule has 25 heavy (non-hydrogen) atoms. The number of rotatable bonds is 8. The average molecular weight is 419 g/mol. The number of carbonyl (C=O) groups is 2. The molecule has 0 heterocycles. The number of ether oxygens (including phenoxy) is 1. The van der Waals surface area contributed by atoms with Gasteiger partial charge < -0.3 is 15.0 Å². The summed E-state index contributed by atoms with van der Waals surface area (Å²) in [4.78, 5) is 25.4. The number of hydrogen-bond donors (Lipinski definition) is 1. The Morgan fingerprint density at radius 2 is 2.04 bits per heavy atom. The fourth-order valence-corrected chi connectivity index (χ4v) is 2.38. The Kier molecular flexibility index (Phi) is 8.54. The third-order valence-corrected chi connectivity index (χ3v) is 3.56. The SMILES string of the molecule is CCN(CC(=O)NC(C)C)C(=O)C=Cc1cc(Br)ccc1OC(F)F. The molecule has 1 aromatic carbocycles. The topological polar surface area (TPSA) is 58.6 Å². The highest BCUT2D eigenvalue weighted by atomic mass is 79.9. The summed E-state index contributed by atoms with van der Waals surface area (Å²) in [5.74, 6) is -0.699. The third-order valence-electron chi connectivity index (χ3n) is 3.07. The van der Waals surface area contributed by atoms with Crippen molar-refractivity contribution in [2.45, 2.75) is 33.4 Å². The molecule has 8 heteroatoms. The van der Waals surface area contributed by atoms with E-state index < -0.39 is 12.5 Å². The minimum atomic E-state index is -2.96. The molecule has 0 atom stereocenters. The number of nitrogens with zero attached hydrogens (tertiary/aromatic N) is 1. The molecular weight excluding hydrogens is 398 g/mol. The number of hydrogen-bond acceptors (Lipinski definition) is 3. The zero-order valence-corrected chi connectivity index (χ0v) is 15.8. The first-order chi connectivity index (χ1) is 11.7. The third kappa shape index (κ3) is 7.64. The Balaban J connectivity index is 2.86. The van der Waals surface area contributed by atoms with Crippen LogP contribution in [0.2, 0.25) is 0 Å². The van der Waals surface area contributed by atoms with Gasteiger partial charge in [0.05, 0.1) is 6.54 Å². The Morgan fingerprint density at radius 3 is 2.60 bits per heavy atom. The largest absolute Gasteiger partial charge is 0.434 e. The normalized spacial score (nSPS) is 11.2. The lowest BCUT2D eigenvalue weighted by Crippen LogP contribution is -2.42. The number of amides is 2. The number of alkyl halides is 2. The van der Waals surface area contributed by atoms with E-state index in [9.17, 15) is 18.4 Å². The van der Waals surface area contributed by atoms with E-state index in [1.807, 2.05) is 13.8 Å². The van der Waals surface area contributed by atoms with Gasteiger partial charge in [0.2, 0.25) is 11.8 Å². The molecule has 0 spiro atoms. The van der Waals surface area contributed by atoms with E-state index in [1.165, 1.54) is 23.1 Å². The lowest BCUT2D eigenvalue weighted by molar-refractivity contribution is -0.132. The van der Waals surface area contributed by atoms with E-state index in [4.69, 9.17) is 0 Å². The smallest absolute Gasteiger partial charge is 0.387 e. The highest BCUT2D eigenvalue weighted by molar-refractivity contribution is 9.10. The second kappa shape index (κ2) is 10.1. The zero-order chi connectivity index (χ0) is 19.0. The number of benzene rings is 1. The molecule has 0 unspecified atom stereocenters. The van der Waals surface area contributed by atoms with Crippen molar-refractivity contribution >= 4 is 33.8 Å². The Labute approximate surface area is 154 Å². The van der Waals surface area contributed by atoms with Crippen LogP contribution in [0, 0.1) is 0 Å². The fourth-order valence-electron chi connectivity index (χ4n) is 2.01. The van der Waals surface area contributed by atoms with Crippen molar-refractivity contribution in [3.63, 3.8) is 0 Å². The summed E-state index contributed by atoms with van der Waals surface area (Å²) >= 11 is 3.24. The van der Waals surface area contributed by atoms with Gasteiger partial charge in [-0.3, -0.25) is 9.59 Å². The van der Waals surface area contributed by atoms with Crippen molar-refractivity contribution in [3.05, 3.63) is 34.3 Å². The van der Waals surface area contributed by atoms with Gasteiger partial charge in [-0.1, -0.05) is 15.9 Å². The van der Waals surface area contributed by atoms with E-state index in [1.54, 1.807) is 19.1 Å². The van der Waals surface area contributed by atoms with Crippen molar-refractivity contribution in [2.24, 2.45) is 0 Å². The van der Waals surface area contributed by atoms with Crippen LogP contribution in [0.4, 0.5) is 8.78 Å². The van der Waals surface area contributed by atoms with Crippen LogP contribution in [0.15, 0.2) is 28.7 Å². The van der Waals surface area contributed by atoms with Gasteiger partial charge in [0.15, 0.2) is 0 Å². The summed E-state index contributed by atoms with van der Waals surface area (Å²) in [5, 5.41) is 2.71. The molecule has 1 N–H and O–H groups in total. The quantitative estimate of drug-likeness (QED) is 0.657. The number of nitrogens with one attached hydrogen (secondary N) is 1. The van der Waals surface area contributed by atoms with Gasteiger partial charge in [0.25, 0.3) is 0 Å². The number of likely N-dealkylation sites (N-methyl/N-ethyl adjacent to an activating group) is 1. The Morgan fingerprint density at radius 1 is 1.36 bits per heavy atom. The molecule has 0 radical (unpaired) electrons. The van der Waals surface area contributed by atoms with Crippen LogP contribution in [0.1, 0.15) is 26.3 Å². The molecule has 0 aromatic heterocycles. The van der Waals surface area contributed by atoms with E-state index >= 15 is 0 Å². The molecule has 2 amide bonds. The molecule has 0 aliphatic carbocycles. The van der Waals surface area contributed by atoms with Gasteiger partial charge in [-0.05, 0) is 45.0 Å². The van der Waals surface area contributed by atoms with E-state index in [-0.39, 0.29) is 24.2 Å². The fraction of sp³-hybridized carbons (Fsp3) is 0.412. The first kappa shape index (κ1) is 21.1. The molecule has 5 nitrogen and oxygen atoms in total. The minimum Gasteiger partial charge on any atom is -0.434 e. The van der Waals surface area contributed by atoms with Gasteiger partial charge in [-0.2, -0.15) is 8.78 Å². The van der Waals surface area contributed by atoms with Crippen LogP contribution in [-0.4, -0.2) is 42.5 Å². The highest BCUT2D eigenvalue weighted by Crippen LogP contribution is 2.26. The molecule has 0 aliphatic heterocycles. The van der Waals surface area contributed by atoms with Gasteiger partial charge in [-0.25, -0.2) is 0 Å². The van der Waals surface area contributed by atoms with E-state index in [0.717, 1.165) is 0 Å². The summed E-state index contributed by atoms with van der Waals surface area (Å²) in [6.07, 6.45) is 2.61. The van der Waals surface area contributed by atoms with Crippen LogP contribution < -0.4 is 10.1 Å². The van der Waals surface area contributed by atoms with Crippen molar-refractivity contribution in [2.75, 3.05) is 13.1 Å². The average Bonchev–Trinajstić information content (AvgIpc) is 2.51. The molecule has 0 saturated heterocycles.